The lowest BCUT2D eigenvalue weighted by atomic mass is 10.0. The summed E-state index contributed by atoms with van der Waals surface area (Å²) in [5, 5.41) is -0.139. The molecule has 228 valence electrons. The Morgan fingerprint density at radius 1 is 1.00 bits per heavy atom. The van der Waals surface area contributed by atoms with E-state index in [-0.39, 0.29) is 44.2 Å². The molecule has 14 heteroatoms. The number of aromatic nitrogens is 2. The van der Waals surface area contributed by atoms with E-state index < -0.39 is 39.4 Å². The Balaban J connectivity index is 1.47. The fourth-order valence-corrected chi connectivity index (χ4v) is 7.07. The van der Waals surface area contributed by atoms with Crippen LogP contribution in [-0.2, 0) is 33.8 Å². The summed E-state index contributed by atoms with van der Waals surface area (Å²) in [7, 11) is -3.74. The van der Waals surface area contributed by atoms with E-state index in [1.54, 1.807) is 0 Å². The summed E-state index contributed by atoms with van der Waals surface area (Å²) in [5.74, 6) is -0.229. The van der Waals surface area contributed by atoms with Crippen LogP contribution in [0.1, 0.15) is 36.5 Å². The van der Waals surface area contributed by atoms with Crippen LogP contribution in [-0.4, -0.2) is 79.0 Å². The van der Waals surface area contributed by atoms with Gasteiger partial charge in [-0.2, -0.15) is 13.2 Å². The molecule has 0 radical (unpaired) electrons. The monoisotopic (exact) mass is 628 g/mol. The second-order valence-corrected chi connectivity index (χ2v) is 13.4. The summed E-state index contributed by atoms with van der Waals surface area (Å²) in [6, 6.07) is 6.41. The van der Waals surface area contributed by atoms with E-state index >= 15 is 0 Å². The summed E-state index contributed by atoms with van der Waals surface area (Å²) < 4.78 is 74.1. The quantitative estimate of drug-likeness (QED) is 0.427. The highest BCUT2D eigenvalue weighted by molar-refractivity contribution is 7.91. The molecule has 9 nitrogen and oxygen atoms in total. The van der Waals surface area contributed by atoms with Gasteiger partial charge < -0.3 is 9.72 Å². The number of hydrogen-bond acceptors (Lipinski definition) is 7. The number of fused-ring (bicyclic) bond motifs is 1. The molecule has 0 spiro atoms. The molecule has 5 rings (SSSR count). The lowest BCUT2D eigenvalue weighted by Crippen LogP contribution is -2.51. The van der Waals surface area contributed by atoms with Crippen molar-refractivity contribution in [1.82, 2.24) is 19.4 Å². The number of nitrogens with zero attached hydrogens (tertiary/aromatic N) is 3. The summed E-state index contributed by atoms with van der Waals surface area (Å²) >= 11 is 6.06. The second-order valence-electron chi connectivity index (χ2n) is 10.7. The number of piperazine rings is 1. The van der Waals surface area contributed by atoms with Gasteiger partial charge in [0, 0.05) is 57.0 Å². The Hall–Kier alpha value is -2.71. The SMILES string of the molecule is CCS(=O)(=O)c1ccc(Cl)cc1Cn1c(=O)[nH]c2cc(CN3CCN(C4CCOCC4)CC3)c(C(F)(F)F)cc2c1=O. The number of sulfone groups is 1. The van der Waals surface area contributed by atoms with Gasteiger partial charge >= 0.3 is 11.9 Å². The second kappa shape index (κ2) is 12.1. The van der Waals surface area contributed by atoms with Gasteiger partial charge in [0.25, 0.3) is 5.56 Å². The van der Waals surface area contributed by atoms with Crippen molar-refractivity contribution in [3.8, 4) is 0 Å². The van der Waals surface area contributed by atoms with Crippen LogP contribution in [0.3, 0.4) is 0 Å². The zero-order chi connectivity index (χ0) is 30.2. The number of benzene rings is 2. The van der Waals surface area contributed by atoms with Crippen molar-refractivity contribution in [2.24, 2.45) is 0 Å². The fourth-order valence-electron chi connectivity index (χ4n) is 5.76. The first-order chi connectivity index (χ1) is 19.9. The molecule has 0 amide bonds. The Bertz CT molecular complexity index is 1690. The highest BCUT2D eigenvalue weighted by Crippen LogP contribution is 2.34. The van der Waals surface area contributed by atoms with Crippen molar-refractivity contribution in [2.45, 2.75) is 50.0 Å². The zero-order valence-electron chi connectivity index (χ0n) is 23.0. The van der Waals surface area contributed by atoms with Crippen LogP contribution >= 0.6 is 11.6 Å². The van der Waals surface area contributed by atoms with Gasteiger partial charge in [0.15, 0.2) is 9.84 Å². The molecule has 2 aliphatic rings. The fraction of sp³-hybridized carbons (Fsp3) is 0.500. The average molecular weight is 629 g/mol. The van der Waals surface area contributed by atoms with E-state index in [1.165, 1.54) is 31.2 Å². The van der Waals surface area contributed by atoms with Gasteiger partial charge in [0.2, 0.25) is 0 Å². The number of rotatable bonds is 7. The van der Waals surface area contributed by atoms with Crippen molar-refractivity contribution in [2.75, 3.05) is 45.1 Å². The molecule has 2 aliphatic heterocycles. The Morgan fingerprint density at radius 2 is 1.69 bits per heavy atom. The molecule has 0 atom stereocenters. The number of alkyl halides is 3. The van der Waals surface area contributed by atoms with E-state index in [0.29, 0.717) is 23.7 Å². The standard InChI is InChI=1S/C28H32ClF3N4O5S/c1-2-42(39,40)25-4-3-20(29)13-19(25)17-36-26(37)22-15-23(28(30,31)32)18(14-24(22)33-27(36)38)16-34-7-9-35(10-8-34)21-5-11-41-12-6-21/h3-4,13-15,21H,2,5-12,16-17H2,1H3,(H,33,38). The van der Waals surface area contributed by atoms with Crippen LogP contribution in [0, 0.1) is 0 Å². The van der Waals surface area contributed by atoms with Crippen molar-refractivity contribution < 1.29 is 26.3 Å². The highest BCUT2D eigenvalue weighted by atomic mass is 35.5. The predicted octanol–water partition coefficient (Wildman–Crippen LogP) is 3.50. The molecule has 42 heavy (non-hydrogen) atoms. The molecule has 0 unspecified atom stereocenters. The van der Waals surface area contributed by atoms with Crippen LogP contribution in [0.2, 0.25) is 5.02 Å². The van der Waals surface area contributed by atoms with Gasteiger partial charge in [-0.3, -0.25) is 19.2 Å². The minimum absolute atomic E-state index is 0.0122. The minimum atomic E-state index is -4.74. The Labute approximate surface area is 245 Å². The molecule has 0 saturated carbocycles. The highest BCUT2D eigenvalue weighted by Gasteiger charge is 2.35. The normalized spacial score (nSPS) is 18.1. The maximum Gasteiger partial charge on any atom is 0.416 e. The van der Waals surface area contributed by atoms with Crippen molar-refractivity contribution in [3.63, 3.8) is 0 Å². The smallest absolute Gasteiger partial charge is 0.381 e. The number of hydrogen-bond donors (Lipinski definition) is 1. The summed E-state index contributed by atoms with van der Waals surface area (Å²) in [6.07, 6.45) is -2.85. The van der Waals surface area contributed by atoms with Gasteiger partial charge in [0.1, 0.15) is 0 Å². The molecule has 3 heterocycles. The third-order valence-electron chi connectivity index (χ3n) is 8.09. The van der Waals surface area contributed by atoms with E-state index in [9.17, 15) is 31.2 Å². The van der Waals surface area contributed by atoms with Crippen molar-refractivity contribution in [3.05, 3.63) is 72.9 Å². The number of H-pyrrole nitrogens is 1. The largest absolute Gasteiger partial charge is 0.416 e. The molecular formula is C28H32ClF3N4O5S. The summed E-state index contributed by atoms with van der Waals surface area (Å²) in [6.45, 7) is 5.06. The molecule has 2 saturated heterocycles. The maximum absolute atomic E-state index is 14.3. The maximum atomic E-state index is 14.3. The van der Waals surface area contributed by atoms with Gasteiger partial charge in [-0.1, -0.05) is 18.5 Å². The number of halogens is 4. The summed E-state index contributed by atoms with van der Waals surface area (Å²) in [4.78, 5) is 33.2. The van der Waals surface area contributed by atoms with E-state index in [0.717, 1.165) is 45.2 Å². The topological polar surface area (TPSA) is 105 Å². The molecular weight excluding hydrogens is 597 g/mol. The minimum Gasteiger partial charge on any atom is -0.381 e. The molecule has 2 aromatic carbocycles. The van der Waals surface area contributed by atoms with Gasteiger partial charge in [0.05, 0.1) is 33.7 Å². The van der Waals surface area contributed by atoms with Gasteiger partial charge in [-0.25, -0.2) is 13.2 Å². The van der Waals surface area contributed by atoms with Crippen molar-refractivity contribution >= 4 is 32.3 Å². The van der Waals surface area contributed by atoms with Gasteiger partial charge in [-0.15, -0.1) is 0 Å². The first-order valence-corrected chi connectivity index (χ1v) is 15.8. The first-order valence-electron chi connectivity index (χ1n) is 13.8. The molecule has 1 aromatic heterocycles. The lowest BCUT2D eigenvalue weighted by molar-refractivity contribution is -0.138. The molecule has 1 N–H and O–H groups in total. The van der Waals surface area contributed by atoms with E-state index in [2.05, 4.69) is 9.88 Å². The van der Waals surface area contributed by atoms with Crippen LogP contribution in [0.5, 0.6) is 0 Å². The molecule has 3 aromatic rings. The Morgan fingerprint density at radius 3 is 2.33 bits per heavy atom. The average Bonchev–Trinajstić information content (AvgIpc) is 2.95. The van der Waals surface area contributed by atoms with Crippen LogP contribution < -0.4 is 11.2 Å². The lowest BCUT2D eigenvalue weighted by Gasteiger charge is -2.40. The third-order valence-corrected chi connectivity index (χ3v) is 10.1. The zero-order valence-corrected chi connectivity index (χ0v) is 24.6. The Kier molecular flexibility index (Phi) is 8.87. The number of ether oxygens (including phenoxy) is 1. The van der Waals surface area contributed by atoms with E-state index in [4.69, 9.17) is 16.3 Å². The first kappa shape index (κ1) is 30.7. The molecule has 0 bridgehead atoms. The van der Waals surface area contributed by atoms with E-state index in [1.807, 2.05) is 4.90 Å². The molecule has 0 aliphatic carbocycles. The van der Waals surface area contributed by atoms with Crippen LogP contribution in [0.25, 0.3) is 10.9 Å². The predicted molar refractivity (Wildman–Crippen MR) is 153 cm³/mol. The van der Waals surface area contributed by atoms with Gasteiger partial charge in [-0.05, 0) is 54.3 Å². The summed E-state index contributed by atoms with van der Waals surface area (Å²) in [5.41, 5.74) is -2.75. The third kappa shape index (κ3) is 6.45. The number of nitrogens with one attached hydrogen (secondary N) is 1. The van der Waals surface area contributed by atoms with Crippen LogP contribution in [0.4, 0.5) is 13.2 Å². The number of aromatic amines is 1. The molecule has 2 fully saturated rings. The van der Waals surface area contributed by atoms with Crippen molar-refractivity contribution in [1.29, 1.82) is 0 Å². The van der Waals surface area contributed by atoms with Crippen LogP contribution in [0.15, 0.2) is 44.8 Å².